The Balaban J connectivity index is 2.03. The van der Waals surface area contributed by atoms with E-state index in [0.29, 0.717) is 17.9 Å². The van der Waals surface area contributed by atoms with Gasteiger partial charge in [0, 0.05) is 18.3 Å². The third-order valence-electron chi connectivity index (χ3n) is 4.30. The van der Waals surface area contributed by atoms with Crippen LogP contribution in [-0.4, -0.2) is 30.7 Å². The summed E-state index contributed by atoms with van der Waals surface area (Å²) in [6.45, 7) is 6.26. The second-order valence-electron chi connectivity index (χ2n) is 5.90. The van der Waals surface area contributed by atoms with Gasteiger partial charge in [0.1, 0.15) is 12.4 Å². The topological polar surface area (TPSA) is 58.6 Å². The predicted octanol–water partition coefficient (Wildman–Crippen LogP) is 3.46. The molecule has 2 aromatic rings. The first-order valence-corrected chi connectivity index (χ1v) is 8.04. The Morgan fingerprint density at radius 2 is 2.08 bits per heavy atom. The number of anilines is 1. The Bertz CT molecular complexity index is 858. The first kappa shape index (κ1) is 16.8. The summed E-state index contributed by atoms with van der Waals surface area (Å²) in [6, 6.07) is 11.5. The molecule has 0 bridgehead atoms. The van der Waals surface area contributed by atoms with Crippen molar-refractivity contribution >= 4 is 17.9 Å². The Hall–Kier alpha value is -3.08. The maximum atomic E-state index is 12.5. The first-order chi connectivity index (χ1) is 12.1. The van der Waals surface area contributed by atoms with Gasteiger partial charge < -0.3 is 15.0 Å². The van der Waals surface area contributed by atoms with Crippen molar-refractivity contribution in [2.24, 2.45) is 0 Å². The van der Waals surface area contributed by atoms with Gasteiger partial charge in [-0.2, -0.15) is 0 Å². The van der Waals surface area contributed by atoms with Gasteiger partial charge in [0.25, 0.3) is 5.91 Å². The quantitative estimate of drug-likeness (QED) is 0.821. The highest BCUT2D eigenvalue weighted by Crippen LogP contribution is 2.37. The van der Waals surface area contributed by atoms with E-state index in [0.717, 1.165) is 34.4 Å². The van der Waals surface area contributed by atoms with Crippen LogP contribution in [0.3, 0.4) is 0 Å². The molecule has 25 heavy (non-hydrogen) atoms. The van der Waals surface area contributed by atoms with Gasteiger partial charge in [0.2, 0.25) is 0 Å². The highest BCUT2D eigenvalue weighted by Gasteiger charge is 2.29. The van der Waals surface area contributed by atoms with Crippen LogP contribution >= 0.6 is 0 Å². The van der Waals surface area contributed by atoms with Crippen LogP contribution < -0.4 is 10.1 Å². The van der Waals surface area contributed by atoms with E-state index in [1.54, 1.807) is 11.9 Å². The molecule has 128 valence electrons. The molecule has 1 heterocycles. The molecule has 0 aromatic heterocycles. The van der Waals surface area contributed by atoms with Crippen LogP contribution in [-0.2, 0) is 11.3 Å². The average molecular weight is 336 g/mol. The van der Waals surface area contributed by atoms with Gasteiger partial charge in [0.05, 0.1) is 12.2 Å². The summed E-state index contributed by atoms with van der Waals surface area (Å²) in [4.78, 5) is 24.7. The van der Waals surface area contributed by atoms with E-state index in [4.69, 9.17) is 4.74 Å². The zero-order chi connectivity index (χ0) is 18.0. The van der Waals surface area contributed by atoms with Crippen LogP contribution in [0.4, 0.5) is 5.69 Å². The van der Waals surface area contributed by atoms with Crippen LogP contribution in [0.25, 0.3) is 11.1 Å². The van der Waals surface area contributed by atoms with Gasteiger partial charge in [-0.15, -0.1) is 0 Å². The van der Waals surface area contributed by atoms with E-state index >= 15 is 0 Å². The van der Waals surface area contributed by atoms with E-state index in [2.05, 4.69) is 11.9 Å². The molecule has 1 aliphatic heterocycles. The molecular weight excluding hydrogens is 316 g/mol. The van der Waals surface area contributed by atoms with E-state index in [1.165, 1.54) is 0 Å². The third kappa shape index (κ3) is 3.01. The van der Waals surface area contributed by atoms with Crippen LogP contribution in [0.15, 0.2) is 48.7 Å². The van der Waals surface area contributed by atoms with Crippen LogP contribution in [0.1, 0.15) is 22.8 Å². The molecule has 1 aliphatic rings. The van der Waals surface area contributed by atoms with Crippen molar-refractivity contribution in [3.8, 4) is 16.9 Å². The van der Waals surface area contributed by atoms with E-state index in [9.17, 15) is 9.59 Å². The van der Waals surface area contributed by atoms with Crippen molar-refractivity contribution in [3.63, 3.8) is 0 Å². The van der Waals surface area contributed by atoms with Gasteiger partial charge in [-0.3, -0.25) is 9.59 Å². The maximum absolute atomic E-state index is 12.5. The lowest BCUT2D eigenvalue weighted by molar-refractivity contribution is -0.109. The zero-order valence-corrected chi connectivity index (χ0v) is 14.3. The zero-order valence-electron chi connectivity index (χ0n) is 14.3. The van der Waals surface area contributed by atoms with Crippen molar-refractivity contribution in [1.82, 2.24) is 4.90 Å². The number of allylic oxidation sites excluding steroid dienone is 1. The number of aldehydes is 1. The summed E-state index contributed by atoms with van der Waals surface area (Å²) in [5.41, 5.74) is 5.23. The number of carbonyl (C=O) groups excluding carboxylic acids is 2. The van der Waals surface area contributed by atoms with Gasteiger partial charge in [-0.25, -0.2) is 0 Å². The van der Waals surface area contributed by atoms with E-state index in [1.807, 2.05) is 43.3 Å². The molecular formula is C20H20N2O3. The molecule has 0 fully saturated rings. The Kier molecular flexibility index (Phi) is 4.57. The summed E-state index contributed by atoms with van der Waals surface area (Å²) in [5.74, 6) is 0.606. The second kappa shape index (κ2) is 6.81. The van der Waals surface area contributed by atoms with Crippen LogP contribution in [0.5, 0.6) is 5.75 Å². The summed E-state index contributed by atoms with van der Waals surface area (Å²) in [6.07, 6.45) is 0.718. The molecule has 5 nitrogen and oxygen atoms in total. The number of rotatable bonds is 6. The normalized spacial score (nSPS) is 12.7. The largest absolute Gasteiger partial charge is 0.484 e. The fourth-order valence-electron chi connectivity index (χ4n) is 3.05. The number of ether oxygens (including phenoxy) is 1. The molecule has 1 amide bonds. The molecule has 0 spiro atoms. The molecule has 0 radical (unpaired) electrons. The van der Waals surface area contributed by atoms with E-state index in [-0.39, 0.29) is 12.5 Å². The summed E-state index contributed by atoms with van der Waals surface area (Å²) >= 11 is 0. The lowest BCUT2D eigenvalue weighted by Crippen LogP contribution is -2.20. The number of carbonyl (C=O) groups is 2. The second-order valence-corrected chi connectivity index (χ2v) is 5.90. The lowest BCUT2D eigenvalue weighted by Gasteiger charge is -2.15. The molecule has 0 aliphatic carbocycles. The van der Waals surface area contributed by atoms with Crippen molar-refractivity contribution in [2.75, 3.05) is 19.0 Å². The molecule has 3 rings (SSSR count). The summed E-state index contributed by atoms with van der Waals surface area (Å²) in [7, 11) is 1.80. The number of nitrogens with one attached hydrogen (secondary N) is 1. The van der Waals surface area contributed by atoms with Crippen LogP contribution in [0, 0.1) is 0 Å². The fraction of sp³-hybridized carbons (Fsp3) is 0.200. The fourth-order valence-corrected chi connectivity index (χ4v) is 3.05. The van der Waals surface area contributed by atoms with Gasteiger partial charge in [0.15, 0.2) is 6.29 Å². The first-order valence-electron chi connectivity index (χ1n) is 8.04. The molecule has 1 N–H and O–H groups in total. The molecule has 0 unspecified atom stereocenters. The lowest BCUT2D eigenvalue weighted by atomic mass is 9.96. The Morgan fingerprint density at radius 3 is 2.76 bits per heavy atom. The molecule has 0 atom stereocenters. The van der Waals surface area contributed by atoms with Crippen molar-refractivity contribution in [3.05, 3.63) is 59.8 Å². The van der Waals surface area contributed by atoms with Gasteiger partial charge in [-0.05, 0) is 41.8 Å². The van der Waals surface area contributed by atoms with Crippen molar-refractivity contribution in [1.29, 1.82) is 0 Å². The minimum Gasteiger partial charge on any atom is -0.484 e. The molecule has 0 saturated heterocycles. The minimum absolute atomic E-state index is 0.0101. The third-order valence-corrected chi connectivity index (χ3v) is 4.30. The molecule has 2 aromatic carbocycles. The number of amides is 1. The summed E-state index contributed by atoms with van der Waals surface area (Å²) in [5, 5.41) is 3.09. The average Bonchev–Trinajstić information content (AvgIpc) is 2.97. The number of nitrogens with zero attached hydrogens (tertiary/aromatic N) is 1. The Morgan fingerprint density at radius 1 is 1.32 bits per heavy atom. The van der Waals surface area contributed by atoms with Gasteiger partial charge >= 0.3 is 0 Å². The van der Waals surface area contributed by atoms with Crippen LogP contribution in [0.2, 0.25) is 0 Å². The number of hydrogen-bond acceptors (Lipinski definition) is 4. The smallest absolute Gasteiger partial charge is 0.258 e. The maximum Gasteiger partial charge on any atom is 0.258 e. The highest BCUT2D eigenvalue weighted by atomic mass is 16.5. The highest BCUT2D eigenvalue weighted by molar-refractivity contribution is 6.01. The number of benzene rings is 2. The van der Waals surface area contributed by atoms with Gasteiger partial charge in [-0.1, -0.05) is 24.8 Å². The molecule has 0 saturated carbocycles. The van der Waals surface area contributed by atoms with Crippen molar-refractivity contribution in [2.45, 2.75) is 13.5 Å². The summed E-state index contributed by atoms with van der Waals surface area (Å²) < 4.78 is 5.42. The predicted molar refractivity (Wildman–Crippen MR) is 97.7 cm³/mol. The number of hydrogen-bond donors (Lipinski definition) is 1. The van der Waals surface area contributed by atoms with E-state index < -0.39 is 0 Å². The Labute approximate surface area is 146 Å². The SMILES string of the molecule is C=C(C)N1Cc2c(cccc2-c2ccc(OCC=O)c(NC)c2)C1=O. The minimum atomic E-state index is -0.0101. The molecule has 5 heteroatoms. The number of fused-ring (bicyclic) bond motifs is 1. The monoisotopic (exact) mass is 336 g/mol. The van der Waals surface area contributed by atoms with Crippen molar-refractivity contribution < 1.29 is 14.3 Å². The standard InChI is InChI=1S/C20H20N2O3/c1-13(2)22-12-17-15(5-4-6-16(17)20(22)24)14-7-8-19(25-10-9-23)18(11-14)21-3/h4-9,11,21H,1,10,12H2,2-3H3.